The van der Waals surface area contributed by atoms with Gasteiger partial charge in [0.15, 0.2) is 5.82 Å². The number of para-hydroxylation sites is 2. The lowest BCUT2D eigenvalue weighted by molar-refractivity contribution is 0.0577. The van der Waals surface area contributed by atoms with Crippen LogP contribution in [0.4, 0.5) is 0 Å². The maximum absolute atomic E-state index is 13.1. The monoisotopic (exact) mass is 377 g/mol. The summed E-state index contributed by atoms with van der Waals surface area (Å²) in [6.07, 6.45) is 1.75. The molecular formula is C17H23N5O3S. The van der Waals surface area contributed by atoms with E-state index in [-0.39, 0.29) is 17.9 Å². The Morgan fingerprint density at radius 2 is 1.96 bits per heavy atom. The van der Waals surface area contributed by atoms with Crippen molar-refractivity contribution in [2.24, 2.45) is 5.92 Å². The Morgan fingerprint density at radius 1 is 1.19 bits per heavy atom. The van der Waals surface area contributed by atoms with Gasteiger partial charge in [-0.15, -0.1) is 0 Å². The van der Waals surface area contributed by atoms with Crippen LogP contribution in [0.3, 0.4) is 0 Å². The number of carbonyl (C=O) groups excluding carboxylic acids is 1. The number of imidazole rings is 1. The molecule has 3 saturated heterocycles. The fourth-order valence-electron chi connectivity index (χ4n) is 3.90. The lowest BCUT2D eigenvalue weighted by Gasteiger charge is -2.35. The molecular weight excluding hydrogens is 354 g/mol. The van der Waals surface area contributed by atoms with Crippen LogP contribution in [0.2, 0.25) is 0 Å². The molecule has 0 radical (unpaired) electrons. The van der Waals surface area contributed by atoms with E-state index >= 15 is 0 Å². The largest absolute Gasteiger partial charge is 0.334 e. The average molecular weight is 377 g/mol. The molecule has 5 rings (SSSR count). The number of rotatable bonds is 3. The Labute approximate surface area is 153 Å². The second kappa shape index (κ2) is 6.33. The minimum Gasteiger partial charge on any atom is -0.334 e. The van der Waals surface area contributed by atoms with Gasteiger partial charge in [-0.25, -0.2) is 4.98 Å². The van der Waals surface area contributed by atoms with Crippen molar-refractivity contribution >= 4 is 27.1 Å². The number of aromatic amines is 1. The van der Waals surface area contributed by atoms with Crippen molar-refractivity contribution in [3.63, 3.8) is 0 Å². The molecule has 140 valence electrons. The van der Waals surface area contributed by atoms with Crippen LogP contribution in [-0.4, -0.2) is 77.6 Å². The van der Waals surface area contributed by atoms with Crippen molar-refractivity contribution in [1.29, 1.82) is 0 Å². The molecule has 2 bridgehead atoms. The second-order valence-electron chi connectivity index (χ2n) is 7.26. The quantitative estimate of drug-likeness (QED) is 0.861. The minimum atomic E-state index is -3.48. The second-order valence-corrected chi connectivity index (χ2v) is 9.41. The first-order chi connectivity index (χ1) is 12.4. The molecule has 1 N–H and O–H groups in total. The summed E-state index contributed by atoms with van der Waals surface area (Å²) >= 11 is 0. The fraction of sp³-hybridized carbons (Fsp3) is 0.529. The predicted octanol–water partition coefficient (Wildman–Crippen LogP) is 0.906. The third-order valence-electron chi connectivity index (χ3n) is 5.32. The Balaban J connectivity index is 1.61. The SMILES string of the molecule is CN(C)S(=O)(=O)N1CC2CCC(C1)N(C(=O)c1nc3ccccc3[nH]1)C2. The van der Waals surface area contributed by atoms with Crippen LogP contribution in [0.15, 0.2) is 24.3 Å². The number of nitrogens with zero attached hydrogens (tertiary/aromatic N) is 4. The first-order valence-corrected chi connectivity index (χ1v) is 10.2. The number of nitrogens with one attached hydrogen (secondary N) is 1. The van der Waals surface area contributed by atoms with E-state index in [4.69, 9.17) is 0 Å². The molecule has 26 heavy (non-hydrogen) atoms. The highest BCUT2D eigenvalue weighted by Gasteiger charge is 2.42. The van der Waals surface area contributed by atoms with Gasteiger partial charge in [0.2, 0.25) is 0 Å². The summed E-state index contributed by atoms with van der Waals surface area (Å²) in [5.74, 6) is 0.317. The molecule has 1 aromatic carbocycles. The van der Waals surface area contributed by atoms with Crippen molar-refractivity contribution in [2.45, 2.75) is 18.9 Å². The zero-order valence-electron chi connectivity index (χ0n) is 14.9. The summed E-state index contributed by atoms with van der Waals surface area (Å²) in [4.78, 5) is 22.4. The summed E-state index contributed by atoms with van der Waals surface area (Å²) in [6.45, 7) is 1.36. The van der Waals surface area contributed by atoms with Crippen LogP contribution >= 0.6 is 0 Å². The van der Waals surface area contributed by atoms with Crippen molar-refractivity contribution in [3.8, 4) is 0 Å². The van der Waals surface area contributed by atoms with Gasteiger partial charge in [-0.05, 0) is 30.9 Å². The van der Waals surface area contributed by atoms with Gasteiger partial charge < -0.3 is 9.88 Å². The smallest absolute Gasteiger partial charge is 0.289 e. The van der Waals surface area contributed by atoms with Gasteiger partial charge in [-0.3, -0.25) is 4.79 Å². The molecule has 2 atom stereocenters. The molecule has 3 fully saturated rings. The molecule has 3 aliphatic heterocycles. The number of fused-ring (bicyclic) bond motifs is 5. The van der Waals surface area contributed by atoms with Crippen LogP contribution in [0.25, 0.3) is 11.0 Å². The number of hydrogen-bond donors (Lipinski definition) is 1. The van der Waals surface area contributed by atoms with Gasteiger partial charge in [0, 0.05) is 39.8 Å². The zero-order valence-corrected chi connectivity index (χ0v) is 15.7. The molecule has 1 aromatic heterocycles. The number of carbonyl (C=O) groups is 1. The molecule has 2 unspecified atom stereocenters. The van der Waals surface area contributed by atoms with Gasteiger partial charge in [0.25, 0.3) is 16.1 Å². The molecule has 0 saturated carbocycles. The van der Waals surface area contributed by atoms with E-state index in [1.54, 1.807) is 19.0 Å². The lowest BCUT2D eigenvalue weighted by atomic mass is 9.95. The normalized spacial score (nSPS) is 24.3. The molecule has 2 aromatic rings. The van der Waals surface area contributed by atoms with Crippen LogP contribution < -0.4 is 0 Å². The van der Waals surface area contributed by atoms with E-state index in [2.05, 4.69) is 9.97 Å². The Kier molecular flexibility index (Phi) is 4.25. The average Bonchev–Trinajstić information content (AvgIpc) is 2.82. The zero-order chi connectivity index (χ0) is 18.5. The Hall–Kier alpha value is -1.97. The maximum atomic E-state index is 13.1. The Morgan fingerprint density at radius 3 is 2.69 bits per heavy atom. The minimum absolute atomic E-state index is 0.121. The molecule has 0 aliphatic carbocycles. The fourth-order valence-corrected chi connectivity index (χ4v) is 5.12. The summed E-state index contributed by atoms with van der Waals surface area (Å²) in [5, 5.41) is 0. The number of amides is 1. The highest BCUT2D eigenvalue weighted by atomic mass is 32.2. The summed E-state index contributed by atoms with van der Waals surface area (Å²) in [7, 11) is -0.396. The number of piperidine rings is 1. The number of aromatic nitrogens is 2. The highest BCUT2D eigenvalue weighted by Crippen LogP contribution is 2.30. The molecule has 0 spiro atoms. The molecule has 4 heterocycles. The van der Waals surface area contributed by atoms with E-state index in [1.165, 1.54) is 8.61 Å². The van der Waals surface area contributed by atoms with Crippen molar-refractivity contribution in [2.75, 3.05) is 33.7 Å². The van der Waals surface area contributed by atoms with E-state index in [9.17, 15) is 13.2 Å². The van der Waals surface area contributed by atoms with Crippen LogP contribution in [-0.2, 0) is 10.2 Å². The summed E-state index contributed by atoms with van der Waals surface area (Å²) in [5.41, 5.74) is 1.58. The van der Waals surface area contributed by atoms with Crippen LogP contribution in [0.1, 0.15) is 23.5 Å². The standard InChI is InChI=1S/C17H23N5O3S/c1-20(2)26(24,25)21-9-12-7-8-13(11-21)22(10-12)17(23)16-18-14-5-3-4-6-15(14)19-16/h3-6,12-13H,7-11H2,1-2H3,(H,18,19). The molecule has 8 nitrogen and oxygen atoms in total. The first-order valence-electron chi connectivity index (χ1n) is 8.79. The summed E-state index contributed by atoms with van der Waals surface area (Å²) in [6, 6.07) is 7.41. The van der Waals surface area contributed by atoms with Gasteiger partial charge in [0.1, 0.15) is 0 Å². The molecule has 9 heteroatoms. The lowest BCUT2D eigenvalue weighted by Crippen LogP contribution is -2.48. The van der Waals surface area contributed by atoms with Gasteiger partial charge in [-0.1, -0.05) is 12.1 Å². The van der Waals surface area contributed by atoms with Crippen LogP contribution in [0.5, 0.6) is 0 Å². The molecule has 1 amide bonds. The van der Waals surface area contributed by atoms with Gasteiger partial charge in [-0.2, -0.15) is 17.0 Å². The van der Waals surface area contributed by atoms with E-state index in [1.807, 2.05) is 24.3 Å². The van der Waals surface area contributed by atoms with Crippen molar-refractivity contribution < 1.29 is 13.2 Å². The maximum Gasteiger partial charge on any atom is 0.289 e. The predicted molar refractivity (Wildman–Crippen MR) is 97.8 cm³/mol. The molecule has 3 aliphatic rings. The number of hydrogen-bond acceptors (Lipinski definition) is 4. The number of H-pyrrole nitrogens is 1. The van der Waals surface area contributed by atoms with Crippen molar-refractivity contribution in [3.05, 3.63) is 30.1 Å². The Bertz CT molecular complexity index is 906. The highest BCUT2D eigenvalue weighted by molar-refractivity contribution is 7.86. The summed E-state index contributed by atoms with van der Waals surface area (Å²) < 4.78 is 27.9. The first kappa shape index (κ1) is 17.4. The third-order valence-corrected chi connectivity index (χ3v) is 7.19. The van der Waals surface area contributed by atoms with Crippen LogP contribution in [0, 0.1) is 5.92 Å². The van der Waals surface area contributed by atoms with Crippen molar-refractivity contribution in [1.82, 2.24) is 23.5 Å². The van der Waals surface area contributed by atoms with E-state index in [0.29, 0.717) is 25.5 Å². The van der Waals surface area contributed by atoms with E-state index < -0.39 is 10.2 Å². The third kappa shape index (κ3) is 2.89. The van der Waals surface area contributed by atoms with E-state index in [0.717, 1.165) is 23.9 Å². The number of benzene rings is 1. The van der Waals surface area contributed by atoms with Gasteiger partial charge in [0.05, 0.1) is 11.0 Å². The van der Waals surface area contributed by atoms with Gasteiger partial charge >= 0.3 is 0 Å². The topological polar surface area (TPSA) is 89.6 Å².